The van der Waals surface area contributed by atoms with Gasteiger partial charge in [0.1, 0.15) is 0 Å². The van der Waals surface area contributed by atoms with Crippen LogP contribution in [0, 0.1) is 0 Å². The number of nitrogens with two attached hydrogens (primary N) is 1. The maximum Gasteiger partial charge on any atom is 0.224 e. The molecular weight excluding hydrogens is 282 g/mol. The Morgan fingerprint density at radius 3 is 2.35 bits per heavy atom. The molecule has 1 rings (SSSR count). The van der Waals surface area contributed by atoms with Gasteiger partial charge >= 0.3 is 0 Å². The van der Waals surface area contributed by atoms with Crippen LogP contribution in [0.3, 0.4) is 0 Å². The molecule has 1 aromatic carbocycles. The van der Waals surface area contributed by atoms with E-state index in [-0.39, 0.29) is 11.9 Å². The van der Waals surface area contributed by atoms with Gasteiger partial charge in [-0.2, -0.15) is 0 Å². The zero-order valence-electron chi connectivity index (χ0n) is 9.27. The Hall–Kier alpha value is -0.480. The Bertz CT molecular complexity index is 398. The highest BCUT2D eigenvalue weighted by Gasteiger charge is 2.11. The van der Waals surface area contributed by atoms with Crippen molar-refractivity contribution in [1.82, 2.24) is 0 Å². The summed E-state index contributed by atoms with van der Waals surface area (Å²) in [5.41, 5.74) is 5.95. The summed E-state index contributed by atoms with van der Waals surface area (Å²) in [5, 5.41) is 3.70. The first-order valence-corrected chi connectivity index (χ1v) is 6.23. The van der Waals surface area contributed by atoms with Crippen molar-refractivity contribution in [3.63, 3.8) is 0 Å². The Balaban J connectivity index is 2.72. The molecule has 6 heteroatoms. The molecule has 0 spiro atoms. The van der Waals surface area contributed by atoms with Gasteiger partial charge in [-0.25, -0.2) is 0 Å². The summed E-state index contributed by atoms with van der Waals surface area (Å²) < 4.78 is 0. The van der Waals surface area contributed by atoms with E-state index in [0.717, 1.165) is 0 Å². The second-order valence-electron chi connectivity index (χ2n) is 3.81. The predicted octanol–water partition coefficient (Wildman–Crippen LogP) is 3.71. The van der Waals surface area contributed by atoms with Gasteiger partial charge in [0.2, 0.25) is 5.91 Å². The summed E-state index contributed by atoms with van der Waals surface area (Å²) in [5.74, 6) is -0.173. The van der Waals surface area contributed by atoms with Crippen molar-refractivity contribution in [1.29, 1.82) is 0 Å². The van der Waals surface area contributed by atoms with Gasteiger partial charge in [0.05, 0.1) is 15.7 Å². The fraction of sp³-hybridized carbons (Fsp3) is 0.364. The fourth-order valence-electron chi connectivity index (χ4n) is 1.22. The van der Waals surface area contributed by atoms with Crippen molar-refractivity contribution in [2.45, 2.75) is 25.8 Å². The molecule has 17 heavy (non-hydrogen) atoms. The molecule has 1 aromatic rings. The molecule has 0 aliphatic carbocycles. The molecule has 94 valence electrons. The third kappa shape index (κ3) is 4.72. The number of benzene rings is 1. The van der Waals surface area contributed by atoms with E-state index < -0.39 is 0 Å². The van der Waals surface area contributed by atoms with Gasteiger partial charge < -0.3 is 11.1 Å². The van der Waals surface area contributed by atoms with Gasteiger partial charge in [0.25, 0.3) is 0 Å². The summed E-state index contributed by atoms with van der Waals surface area (Å²) in [6, 6.07) is 3.03. The topological polar surface area (TPSA) is 55.1 Å². The third-order valence-corrected chi connectivity index (χ3v) is 2.91. The zero-order chi connectivity index (χ0) is 13.0. The van der Waals surface area contributed by atoms with Crippen LogP contribution in [0.2, 0.25) is 15.1 Å². The van der Waals surface area contributed by atoms with Crippen LogP contribution in [0.5, 0.6) is 0 Å². The van der Waals surface area contributed by atoms with Crippen LogP contribution < -0.4 is 11.1 Å². The molecule has 1 atom stereocenters. The first-order chi connectivity index (χ1) is 7.90. The van der Waals surface area contributed by atoms with Crippen LogP contribution >= 0.6 is 34.8 Å². The highest BCUT2D eigenvalue weighted by Crippen LogP contribution is 2.33. The molecule has 0 radical (unpaired) electrons. The van der Waals surface area contributed by atoms with Crippen LogP contribution in [0.25, 0.3) is 0 Å². The number of halogens is 3. The molecule has 3 nitrogen and oxygen atoms in total. The van der Waals surface area contributed by atoms with Crippen molar-refractivity contribution in [2.24, 2.45) is 5.73 Å². The van der Waals surface area contributed by atoms with E-state index in [4.69, 9.17) is 40.5 Å². The lowest BCUT2D eigenvalue weighted by molar-refractivity contribution is -0.116. The van der Waals surface area contributed by atoms with Crippen molar-refractivity contribution in [3.8, 4) is 0 Å². The first-order valence-electron chi connectivity index (χ1n) is 5.10. The number of rotatable bonds is 4. The molecular formula is C11H13Cl3N2O. The number of hydrogen-bond donors (Lipinski definition) is 2. The standard InChI is InChI=1S/C11H13Cl3N2O/c1-6(15)2-3-10(17)16-11-8(13)4-7(12)5-9(11)14/h4-6H,2-3,15H2,1H3,(H,16,17). The number of amides is 1. The van der Waals surface area contributed by atoms with Gasteiger partial charge in [-0.1, -0.05) is 34.8 Å². The summed E-state index contributed by atoms with van der Waals surface area (Å²) in [6.45, 7) is 1.84. The summed E-state index contributed by atoms with van der Waals surface area (Å²) in [4.78, 5) is 11.6. The Labute approximate surface area is 115 Å². The number of nitrogens with one attached hydrogen (secondary N) is 1. The average molecular weight is 296 g/mol. The molecule has 0 heterocycles. The molecule has 0 aliphatic rings. The van der Waals surface area contributed by atoms with Gasteiger partial charge in [-0.05, 0) is 25.5 Å². The monoisotopic (exact) mass is 294 g/mol. The minimum atomic E-state index is -0.173. The van der Waals surface area contributed by atoms with Crippen molar-refractivity contribution >= 4 is 46.4 Å². The quantitative estimate of drug-likeness (QED) is 0.889. The summed E-state index contributed by atoms with van der Waals surface area (Å²) >= 11 is 17.6. The number of anilines is 1. The van der Waals surface area contributed by atoms with Gasteiger partial charge in [-0.3, -0.25) is 4.79 Å². The van der Waals surface area contributed by atoms with Crippen LogP contribution in [-0.4, -0.2) is 11.9 Å². The number of carbonyl (C=O) groups excluding carboxylic acids is 1. The number of hydrogen-bond acceptors (Lipinski definition) is 2. The van der Waals surface area contributed by atoms with E-state index in [0.29, 0.717) is 33.6 Å². The van der Waals surface area contributed by atoms with Crippen LogP contribution in [0.15, 0.2) is 12.1 Å². The highest BCUT2D eigenvalue weighted by atomic mass is 35.5. The van der Waals surface area contributed by atoms with Crippen molar-refractivity contribution in [3.05, 3.63) is 27.2 Å². The lowest BCUT2D eigenvalue weighted by Gasteiger charge is -2.10. The van der Waals surface area contributed by atoms with Gasteiger partial charge in [-0.15, -0.1) is 0 Å². The highest BCUT2D eigenvalue weighted by molar-refractivity contribution is 6.42. The molecule has 1 unspecified atom stereocenters. The lowest BCUT2D eigenvalue weighted by Crippen LogP contribution is -2.19. The van der Waals surface area contributed by atoms with E-state index in [1.54, 1.807) is 0 Å². The first kappa shape index (κ1) is 14.6. The van der Waals surface area contributed by atoms with Crippen LogP contribution in [0.4, 0.5) is 5.69 Å². The second-order valence-corrected chi connectivity index (χ2v) is 5.06. The van der Waals surface area contributed by atoms with Crippen molar-refractivity contribution in [2.75, 3.05) is 5.32 Å². The Morgan fingerprint density at radius 2 is 1.88 bits per heavy atom. The molecule has 0 saturated heterocycles. The van der Waals surface area contributed by atoms with Gasteiger partial charge in [0.15, 0.2) is 0 Å². The van der Waals surface area contributed by atoms with Crippen LogP contribution in [0.1, 0.15) is 19.8 Å². The molecule has 0 bridgehead atoms. The molecule has 0 aliphatic heterocycles. The predicted molar refractivity (Wildman–Crippen MR) is 73.0 cm³/mol. The van der Waals surface area contributed by atoms with E-state index in [2.05, 4.69) is 5.32 Å². The largest absolute Gasteiger partial charge is 0.328 e. The maximum atomic E-state index is 11.6. The second kappa shape index (κ2) is 6.45. The minimum absolute atomic E-state index is 0.0167. The molecule has 3 N–H and O–H groups in total. The minimum Gasteiger partial charge on any atom is -0.328 e. The lowest BCUT2D eigenvalue weighted by atomic mass is 10.2. The maximum absolute atomic E-state index is 11.6. The fourth-order valence-corrected chi connectivity index (χ4v) is 2.13. The molecule has 0 saturated carbocycles. The average Bonchev–Trinajstić information content (AvgIpc) is 2.20. The van der Waals surface area contributed by atoms with Crippen molar-refractivity contribution < 1.29 is 4.79 Å². The normalized spacial score (nSPS) is 12.3. The Morgan fingerprint density at radius 1 is 1.35 bits per heavy atom. The summed E-state index contributed by atoms with van der Waals surface area (Å²) in [6.07, 6.45) is 0.932. The van der Waals surface area contributed by atoms with E-state index in [1.807, 2.05) is 6.92 Å². The Kier molecular flexibility index (Phi) is 5.53. The zero-order valence-corrected chi connectivity index (χ0v) is 11.5. The third-order valence-electron chi connectivity index (χ3n) is 2.10. The smallest absolute Gasteiger partial charge is 0.224 e. The molecule has 0 fully saturated rings. The van der Waals surface area contributed by atoms with E-state index in [1.165, 1.54) is 12.1 Å². The number of carbonyl (C=O) groups is 1. The van der Waals surface area contributed by atoms with Crippen LogP contribution in [-0.2, 0) is 4.79 Å². The SMILES string of the molecule is CC(N)CCC(=O)Nc1c(Cl)cc(Cl)cc1Cl. The van der Waals surface area contributed by atoms with E-state index >= 15 is 0 Å². The summed E-state index contributed by atoms with van der Waals surface area (Å²) in [7, 11) is 0. The molecule has 1 amide bonds. The van der Waals surface area contributed by atoms with Gasteiger partial charge in [0, 0.05) is 17.5 Å². The van der Waals surface area contributed by atoms with E-state index in [9.17, 15) is 4.79 Å². The molecule has 0 aromatic heterocycles.